The summed E-state index contributed by atoms with van der Waals surface area (Å²) in [6.45, 7) is 2.03. The van der Waals surface area contributed by atoms with E-state index < -0.39 is 0 Å². The number of nitrogens with one attached hydrogen (secondary N) is 1. The van der Waals surface area contributed by atoms with Gasteiger partial charge in [0, 0.05) is 23.5 Å². The van der Waals surface area contributed by atoms with Gasteiger partial charge in [0.05, 0.1) is 0 Å². The largest absolute Gasteiger partial charge is 0.343 e. The number of hydrogen-bond acceptors (Lipinski definition) is 3. The minimum atomic E-state index is 0.850. The molecule has 2 aromatic rings. The summed E-state index contributed by atoms with van der Waals surface area (Å²) >= 11 is 1.64. The summed E-state index contributed by atoms with van der Waals surface area (Å²) in [6, 6.07) is 0. The minimum Gasteiger partial charge on any atom is -0.343 e. The van der Waals surface area contributed by atoms with Gasteiger partial charge in [-0.15, -0.1) is 11.3 Å². The van der Waals surface area contributed by atoms with E-state index in [-0.39, 0.29) is 0 Å². The van der Waals surface area contributed by atoms with E-state index in [1.54, 1.807) is 23.7 Å². The van der Waals surface area contributed by atoms with Gasteiger partial charge in [0.25, 0.3) is 0 Å². The molecule has 1 N–H and O–H groups in total. The van der Waals surface area contributed by atoms with E-state index >= 15 is 0 Å². The van der Waals surface area contributed by atoms with E-state index in [4.69, 9.17) is 0 Å². The summed E-state index contributed by atoms with van der Waals surface area (Å²) in [7, 11) is 0. The number of H-pyrrole nitrogens is 1. The Hall–Kier alpha value is -1.16. The van der Waals surface area contributed by atoms with Crippen molar-refractivity contribution in [2.45, 2.75) is 6.92 Å². The van der Waals surface area contributed by atoms with Crippen molar-refractivity contribution in [3.8, 4) is 10.8 Å². The van der Waals surface area contributed by atoms with Crippen LogP contribution in [0.25, 0.3) is 10.8 Å². The van der Waals surface area contributed by atoms with Crippen LogP contribution in [0, 0.1) is 6.92 Å². The van der Waals surface area contributed by atoms with E-state index in [0.29, 0.717) is 0 Å². The van der Waals surface area contributed by atoms with Crippen LogP contribution in [0.5, 0.6) is 0 Å². The molecule has 0 unspecified atom stereocenters. The van der Waals surface area contributed by atoms with Crippen molar-refractivity contribution in [3.05, 3.63) is 23.5 Å². The number of nitrogens with zero attached hydrogens (tertiary/aromatic N) is 2. The molecule has 0 saturated heterocycles. The highest BCUT2D eigenvalue weighted by molar-refractivity contribution is 7.14. The highest BCUT2D eigenvalue weighted by Crippen LogP contribution is 2.20. The van der Waals surface area contributed by atoms with Crippen LogP contribution in [-0.4, -0.2) is 15.0 Å². The van der Waals surface area contributed by atoms with Gasteiger partial charge in [-0.1, -0.05) is 0 Å². The number of rotatable bonds is 1. The standard InChI is InChI=1S/C7H7N3S/c1-5-4-10-7(11-5)6-8-2-3-9-6/h2-4H,1H3,(H,8,9). The number of aryl methyl sites for hydroxylation is 1. The van der Waals surface area contributed by atoms with Crippen molar-refractivity contribution < 1.29 is 0 Å². The Labute approximate surface area is 68.1 Å². The average molecular weight is 165 g/mol. The zero-order valence-corrected chi connectivity index (χ0v) is 6.85. The molecule has 0 saturated carbocycles. The molecule has 11 heavy (non-hydrogen) atoms. The van der Waals surface area contributed by atoms with Crippen LogP contribution in [0.2, 0.25) is 0 Å². The topological polar surface area (TPSA) is 41.6 Å². The predicted octanol–water partition coefficient (Wildman–Crippen LogP) is 1.84. The van der Waals surface area contributed by atoms with Crippen LogP contribution < -0.4 is 0 Å². The molecule has 0 aliphatic carbocycles. The van der Waals surface area contributed by atoms with Gasteiger partial charge in [-0.3, -0.25) is 0 Å². The SMILES string of the molecule is Cc1cnc(-c2ncc[nH]2)s1. The van der Waals surface area contributed by atoms with Crippen LogP contribution in [0.15, 0.2) is 18.6 Å². The molecule has 0 atom stereocenters. The van der Waals surface area contributed by atoms with E-state index in [0.717, 1.165) is 10.8 Å². The van der Waals surface area contributed by atoms with Crippen LogP contribution in [0.3, 0.4) is 0 Å². The first kappa shape index (κ1) is 6.54. The Morgan fingerprint density at radius 2 is 2.36 bits per heavy atom. The van der Waals surface area contributed by atoms with Crippen molar-refractivity contribution in [2.24, 2.45) is 0 Å². The number of thiazole rings is 1. The fourth-order valence-corrected chi connectivity index (χ4v) is 1.57. The molecule has 2 heterocycles. The molecular weight excluding hydrogens is 158 g/mol. The maximum Gasteiger partial charge on any atom is 0.166 e. The van der Waals surface area contributed by atoms with Gasteiger partial charge in [0.1, 0.15) is 0 Å². The van der Waals surface area contributed by atoms with Crippen molar-refractivity contribution in [3.63, 3.8) is 0 Å². The molecule has 56 valence electrons. The van der Waals surface area contributed by atoms with Gasteiger partial charge < -0.3 is 4.98 Å². The van der Waals surface area contributed by atoms with E-state index in [2.05, 4.69) is 15.0 Å². The lowest BCUT2D eigenvalue weighted by molar-refractivity contribution is 1.27. The Kier molecular flexibility index (Phi) is 1.47. The molecule has 0 aliphatic rings. The summed E-state index contributed by atoms with van der Waals surface area (Å²) in [5, 5.41) is 0.951. The molecule has 0 fully saturated rings. The predicted molar refractivity (Wildman–Crippen MR) is 44.4 cm³/mol. The van der Waals surface area contributed by atoms with Crippen LogP contribution in [0.1, 0.15) is 4.88 Å². The Morgan fingerprint density at radius 1 is 1.45 bits per heavy atom. The normalized spacial score (nSPS) is 10.3. The number of aromatic amines is 1. The second kappa shape index (κ2) is 2.47. The second-order valence-corrected chi connectivity index (χ2v) is 3.45. The van der Waals surface area contributed by atoms with Gasteiger partial charge >= 0.3 is 0 Å². The van der Waals surface area contributed by atoms with E-state index in [1.165, 1.54) is 4.88 Å². The first-order chi connectivity index (χ1) is 5.36. The number of imidazole rings is 1. The van der Waals surface area contributed by atoms with Gasteiger partial charge in [-0.25, -0.2) is 9.97 Å². The number of hydrogen-bond donors (Lipinski definition) is 1. The molecule has 0 amide bonds. The van der Waals surface area contributed by atoms with Gasteiger partial charge in [0.15, 0.2) is 10.8 Å². The molecule has 0 bridgehead atoms. The maximum absolute atomic E-state index is 4.18. The number of aromatic nitrogens is 3. The quantitative estimate of drug-likeness (QED) is 0.700. The molecule has 0 aromatic carbocycles. The fourth-order valence-electron chi connectivity index (χ4n) is 0.846. The third-order valence-corrected chi connectivity index (χ3v) is 2.24. The van der Waals surface area contributed by atoms with Crippen LogP contribution in [0.4, 0.5) is 0 Å². The third kappa shape index (κ3) is 1.17. The zero-order valence-electron chi connectivity index (χ0n) is 6.03. The minimum absolute atomic E-state index is 0.850. The molecule has 2 aromatic heterocycles. The molecule has 0 radical (unpaired) electrons. The van der Waals surface area contributed by atoms with Crippen molar-refractivity contribution in [1.82, 2.24) is 15.0 Å². The maximum atomic E-state index is 4.18. The van der Waals surface area contributed by atoms with Crippen molar-refractivity contribution in [1.29, 1.82) is 0 Å². The van der Waals surface area contributed by atoms with Crippen LogP contribution in [-0.2, 0) is 0 Å². The van der Waals surface area contributed by atoms with Crippen molar-refractivity contribution in [2.75, 3.05) is 0 Å². The lowest BCUT2D eigenvalue weighted by Crippen LogP contribution is -1.75. The molecular formula is C7H7N3S. The van der Waals surface area contributed by atoms with E-state index in [1.807, 2.05) is 13.1 Å². The third-order valence-electron chi connectivity index (χ3n) is 1.32. The molecule has 2 rings (SSSR count). The summed E-state index contributed by atoms with van der Waals surface area (Å²) in [5.74, 6) is 0.850. The zero-order chi connectivity index (χ0) is 7.68. The first-order valence-corrected chi connectivity index (χ1v) is 4.10. The lowest BCUT2D eigenvalue weighted by Gasteiger charge is -1.84. The molecule has 4 heteroatoms. The van der Waals surface area contributed by atoms with Crippen LogP contribution >= 0.6 is 11.3 Å². The molecule has 0 spiro atoms. The van der Waals surface area contributed by atoms with Crippen molar-refractivity contribution >= 4 is 11.3 Å². The van der Waals surface area contributed by atoms with E-state index in [9.17, 15) is 0 Å². The smallest absolute Gasteiger partial charge is 0.166 e. The van der Waals surface area contributed by atoms with Gasteiger partial charge in [-0.05, 0) is 6.92 Å². The molecule has 3 nitrogen and oxygen atoms in total. The fraction of sp³-hybridized carbons (Fsp3) is 0.143. The average Bonchev–Trinajstić information content (AvgIpc) is 2.55. The Morgan fingerprint density at radius 3 is 2.91 bits per heavy atom. The summed E-state index contributed by atoms with van der Waals surface area (Å²) in [6.07, 6.45) is 5.38. The van der Waals surface area contributed by atoms with Gasteiger partial charge in [0.2, 0.25) is 0 Å². The first-order valence-electron chi connectivity index (χ1n) is 3.28. The molecule has 0 aliphatic heterocycles. The highest BCUT2D eigenvalue weighted by Gasteiger charge is 2.02. The lowest BCUT2D eigenvalue weighted by atomic mass is 10.6. The summed E-state index contributed by atoms with van der Waals surface area (Å²) in [5.41, 5.74) is 0. The van der Waals surface area contributed by atoms with Gasteiger partial charge in [-0.2, -0.15) is 0 Å². The Bertz CT molecular complexity index is 336. The summed E-state index contributed by atoms with van der Waals surface area (Å²) < 4.78 is 0. The monoisotopic (exact) mass is 165 g/mol. The Balaban J connectivity index is 2.45. The summed E-state index contributed by atoms with van der Waals surface area (Å²) in [4.78, 5) is 12.5. The second-order valence-electron chi connectivity index (χ2n) is 2.21. The highest BCUT2D eigenvalue weighted by atomic mass is 32.1.